The summed E-state index contributed by atoms with van der Waals surface area (Å²) in [5.74, 6) is -0.656. The molecule has 0 heterocycles. The molecule has 8 heteroatoms. The molecule has 0 aliphatic heterocycles. The second kappa shape index (κ2) is 6.61. The number of hydrogen-bond acceptors (Lipinski definition) is 4. The van der Waals surface area contributed by atoms with Crippen LogP contribution in [0.2, 0.25) is 0 Å². The predicted molar refractivity (Wildman–Crippen MR) is 98.5 cm³/mol. The van der Waals surface area contributed by atoms with Crippen molar-refractivity contribution in [3.8, 4) is 5.75 Å². The number of benzene rings is 2. The molecule has 2 aromatic carbocycles. The standard InChI is InChI=1S/C19H21FN2O4S/c1-19(2)16(11-4-7-13(8-5-11)27(21,24)25)17(19)22-18(23)14-10-12(20)6-9-15(14)26-3/h4-10,16-17H,1-3H3,(H,22,23)(H2,21,24,25)/t16-,17-/m1/s1. The van der Waals surface area contributed by atoms with E-state index in [4.69, 9.17) is 9.88 Å². The lowest BCUT2D eigenvalue weighted by atomic mass is 10.0. The Morgan fingerprint density at radius 1 is 1.19 bits per heavy atom. The Hall–Kier alpha value is -2.45. The number of ether oxygens (including phenoxy) is 1. The van der Waals surface area contributed by atoms with E-state index in [2.05, 4.69) is 5.32 Å². The van der Waals surface area contributed by atoms with E-state index < -0.39 is 21.7 Å². The van der Waals surface area contributed by atoms with E-state index in [0.29, 0.717) is 5.75 Å². The smallest absolute Gasteiger partial charge is 0.255 e. The second-order valence-electron chi connectivity index (χ2n) is 7.21. The molecule has 3 rings (SSSR count). The maximum absolute atomic E-state index is 13.5. The Bertz CT molecular complexity index is 987. The Morgan fingerprint density at radius 2 is 1.81 bits per heavy atom. The maximum Gasteiger partial charge on any atom is 0.255 e. The molecular formula is C19H21FN2O4S. The number of nitrogens with two attached hydrogens (primary N) is 1. The molecule has 2 aromatic rings. The molecule has 27 heavy (non-hydrogen) atoms. The van der Waals surface area contributed by atoms with Crippen molar-refractivity contribution in [2.75, 3.05) is 7.11 Å². The third-order valence-corrected chi connectivity index (χ3v) is 6.02. The van der Waals surface area contributed by atoms with Crippen LogP contribution < -0.4 is 15.2 Å². The zero-order valence-electron chi connectivity index (χ0n) is 15.2. The SMILES string of the molecule is COc1ccc(F)cc1C(=O)N[C@@H]1[C@@H](c2ccc(S(N)(=O)=O)cc2)C1(C)C. The van der Waals surface area contributed by atoms with Gasteiger partial charge >= 0.3 is 0 Å². The molecule has 0 bridgehead atoms. The molecule has 1 fully saturated rings. The quantitative estimate of drug-likeness (QED) is 0.816. The van der Waals surface area contributed by atoms with Crippen LogP contribution in [0.3, 0.4) is 0 Å². The van der Waals surface area contributed by atoms with Crippen molar-refractivity contribution in [2.45, 2.75) is 30.7 Å². The summed E-state index contributed by atoms with van der Waals surface area (Å²) in [5, 5.41) is 8.05. The van der Waals surface area contributed by atoms with Gasteiger partial charge in [0.05, 0.1) is 17.6 Å². The highest BCUT2D eigenvalue weighted by atomic mass is 32.2. The van der Waals surface area contributed by atoms with Crippen LogP contribution in [0.1, 0.15) is 35.7 Å². The number of sulfonamides is 1. The third-order valence-electron chi connectivity index (χ3n) is 5.09. The number of methoxy groups -OCH3 is 1. The van der Waals surface area contributed by atoms with E-state index >= 15 is 0 Å². The van der Waals surface area contributed by atoms with Crippen LogP contribution in [-0.2, 0) is 10.0 Å². The molecule has 0 saturated heterocycles. The first-order valence-corrected chi connectivity index (χ1v) is 9.87. The number of nitrogens with one attached hydrogen (secondary N) is 1. The summed E-state index contributed by atoms with van der Waals surface area (Å²) in [6, 6.07) is 9.89. The Balaban J connectivity index is 1.80. The normalized spacial score (nSPS) is 20.8. The lowest BCUT2D eigenvalue weighted by molar-refractivity contribution is 0.0942. The molecule has 2 atom stereocenters. The van der Waals surface area contributed by atoms with Crippen LogP contribution in [0.15, 0.2) is 47.4 Å². The minimum atomic E-state index is -3.75. The first kappa shape index (κ1) is 19.3. The van der Waals surface area contributed by atoms with Gasteiger partial charge in [0.2, 0.25) is 10.0 Å². The monoisotopic (exact) mass is 392 g/mol. The van der Waals surface area contributed by atoms with E-state index in [-0.39, 0.29) is 27.8 Å². The summed E-state index contributed by atoms with van der Waals surface area (Å²) in [4.78, 5) is 12.7. The molecule has 0 spiro atoms. The van der Waals surface area contributed by atoms with E-state index in [0.717, 1.165) is 11.6 Å². The fourth-order valence-electron chi connectivity index (χ4n) is 3.47. The molecule has 1 aliphatic rings. The lowest BCUT2D eigenvalue weighted by Gasteiger charge is -2.10. The highest BCUT2D eigenvalue weighted by Gasteiger charge is 2.59. The van der Waals surface area contributed by atoms with Gasteiger partial charge in [0.1, 0.15) is 11.6 Å². The zero-order valence-corrected chi connectivity index (χ0v) is 16.0. The highest BCUT2D eigenvalue weighted by molar-refractivity contribution is 7.89. The minimum absolute atomic E-state index is 0.00414. The molecule has 0 aromatic heterocycles. The number of amides is 1. The number of carbonyl (C=O) groups is 1. The lowest BCUT2D eigenvalue weighted by Crippen LogP contribution is -2.29. The van der Waals surface area contributed by atoms with Gasteiger partial charge < -0.3 is 10.1 Å². The molecule has 0 radical (unpaired) electrons. The van der Waals surface area contributed by atoms with Gasteiger partial charge in [0.25, 0.3) is 5.91 Å². The van der Waals surface area contributed by atoms with Gasteiger partial charge in [-0.15, -0.1) is 0 Å². The summed E-state index contributed by atoms with van der Waals surface area (Å²) in [5.41, 5.74) is 0.784. The van der Waals surface area contributed by atoms with Crippen LogP contribution in [-0.4, -0.2) is 27.5 Å². The van der Waals surface area contributed by atoms with Crippen molar-refractivity contribution < 1.29 is 22.3 Å². The number of hydrogen-bond donors (Lipinski definition) is 2. The van der Waals surface area contributed by atoms with Crippen molar-refractivity contribution in [1.29, 1.82) is 0 Å². The van der Waals surface area contributed by atoms with Crippen molar-refractivity contribution in [1.82, 2.24) is 5.32 Å². The number of carbonyl (C=O) groups excluding carboxylic acids is 1. The topological polar surface area (TPSA) is 98.5 Å². The Labute approximate surface area is 157 Å². The maximum atomic E-state index is 13.5. The van der Waals surface area contributed by atoms with Crippen LogP contribution in [0, 0.1) is 11.2 Å². The fourth-order valence-corrected chi connectivity index (χ4v) is 3.99. The summed E-state index contributed by atoms with van der Waals surface area (Å²) in [7, 11) is -2.34. The third kappa shape index (κ3) is 3.68. The predicted octanol–water partition coefficient (Wildman–Crippen LogP) is 2.40. The molecular weight excluding hydrogens is 371 g/mol. The second-order valence-corrected chi connectivity index (χ2v) is 8.77. The number of primary sulfonamides is 1. The van der Waals surface area contributed by atoms with E-state index in [9.17, 15) is 17.6 Å². The molecule has 1 saturated carbocycles. The molecule has 144 valence electrons. The Kier molecular flexibility index (Phi) is 4.73. The Morgan fingerprint density at radius 3 is 2.37 bits per heavy atom. The van der Waals surface area contributed by atoms with Gasteiger partial charge in [-0.3, -0.25) is 4.79 Å². The van der Waals surface area contributed by atoms with Gasteiger partial charge in [0.15, 0.2) is 0 Å². The summed E-state index contributed by atoms with van der Waals surface area (Å²) in [6.07, 6.45) is 0. The van der Waals surface area contributed by atoms with Gasteiger partial charge in [-0.2, -0.15) is 0 Å². The largest absolute Gasteiger partial charge is 0.496 e. The van der Waals surface area contributed by atoms with Crippen LogP contribution >= 0.6 is 0 Å². The van der Waals surface area contributed by atoms with E-state index in [1.807, 2.05) is 13.8 Å². The van der Waals surface area contributed by atoms with E-state index in [1.54, 1.807) is 12.1 Å². The van der Waals surface area contributed by atoms with Crippen molar-refractivity contribution in [3.05, 3.63) is 59.4 Å². The zero-order chi connectivity index (χ0) is 20.0. The van der Waals surface area contributed by atoms with Crippen molar-refractivity contribution >= 4 is 15.9 Å². The first-order chi connectivity index (χ1) is 12.6. The highest BCUT2D eigenvalue weighted by Crippen LogP contribution is 2.58. The number of rotatable bonds is 5. The summed E-state index contributed by atoms with van der Waals surface area (Å²) < 4.78 is 41.4. The molecule has 3 N–H and O–H groups in total. The molecule has 6 nitrogen and oxygen atoms in total. The van der Waals surface area contributed by atoms with Crippen LogP contribution in [0.25, 0.3) is 0 Å². The van der Waals surface area contributed by atoms with E-state index in [1.165, 1.54) is 31.4 Å². The van der Waals surface area contributed by atoms with Gasteiger partial charge in [-0.1, -0.05) is 26.0 Å². The van der Waals surface area contributed by atoms with Crippen LogP contribution in [0.5, 0.6) is 5.75 Å². The fraction of sp³-hybridized carbons (Fsp3) is 0.316. The summed E-state index contributed by atoms with van der Waals surface area (Å²) >= 11 is 0. The molecule has 1 aliphatic carbocycles. The van der Waals surface area contributed by atoms with Crippen LogP contribution in [0.4, 0.5) is 4.39 Å². The minimum Gasteiger partial charge on any atom is -0.496 e. The molecule has 0 unspecified atom stereocenters. The summed E-state index contributed by atoms with van der Waals surface area (Å²) in [6.45, 7) is 4.00. The average molecular weight is 392 g/mol. The van der Waals surface area contributed by atoms with Gasteiger partial charge in [-0.25, -0.2) is 17.9 Å². The van der Waals surface area contributed by atoms with Gasteiger partial charge in [-0.05, 0) is 41.3 Å². The van der Waals surface area contributed by atoms with Crippen molar-refractivity contribution in [3.63, 3.8) is 0 Å². The van der Waals surface area contributed by atoms with Crippen molar-refractivity contribution in [2.24, 2.45) is 10.6 Å². The first-order valence-electron chi connectivity index (χ1n) is 8.33. The average Bonchev–Trinajstić information content (AvgIpc) is 3.14. The number of halogens is 1. The van der Waals surface area contributed by atoms with Gasteiger partial charge in [0, 0.05) is 12.0 Å². The molecule has 1 amide bonds.